The van der Waals surface area contributed by atoms with E-state index in [0.717, 1.165) is 30.6 Å². The molecule has 1 aromatic carbocycles. The van der Waals surface area contributed by atoms with Crippen molar-refractivity contribution in [2.45, 2.75) is 4.90 Å². The van der Waals surface area contributed by atoms with Gasteiger partial charge in [0.05, 0.1) is 18.1 Å². The van der Waals surface area contributed by atoms with E-state index in [2.05, 4.69) is 14.7 Å². The van der Waals surface area contributed by atoms with Gasteiger partial charge in [0.15, 0.2) is 11.6 Å². The van der Waals surface area contributed by atoms with Crippen molar-refractivity contribution in [1.82, 2.24) is 9.97 Å². The minimum Gasteiger partial charge on any atom is -0.279 e. The zero-order chi connectivity index (χ0) is 14.0. The van der Waals surface area contributed by atoms with E-state index in [9.17, 15) is 17.2 Å². The van der Waals surface area contributed by atoms with Gasteiger partial charge in [0.2, 0.25) is 5.28 Å². The van der Waals surface area contributed by atoms with Crippen LogP contribution in [0.15, 0.2) is 35.5 Å². The third-order valence-corrected chi connectivity index (χ3v) is 3.61. The van der Waals surface area contributed by atoms with Crippen molar-refractivity contribution in [3.63, 3.8) is 0 Å². The van der Waals surface area contributed by atoms with Crippen LogP contribution in [0.3, 0.4) is 0 Å². The molecule has 19 heavy (non-hydrogen) atoms. The molecule has 0 amide bonds. The molecule has 2 rings (SSSR count). The summed E-state index contributed by atoms with van der Waals surface area (Å²) >= 11 is 5.43. The van der Waals surface area contributed by atoms with Crippen molar-refractivity contribution in [3.8, 4) is 0 Å². The van der Waals surface area contributed by atoms with Gasteiger partial charge >= 0.3 is 0 Å². The second-order valence-electron chi connectivity index (χ2n) is 3.42. The van der Waals surface area contributed by atoms with E-state index in [-0.39, 0.29) is 15.9 Å². The van der Waals surface area contributed by atoms with Crippen LogP contribution in [-0.2, 0) is 10.0 Å². The van der Waals surface area contributed by atoms with E-state index in [1.165, 1.54) is 0 Å². The van der Waals surface area contributed by atoms with Crippen molar-refractivity contribution < 1.29 is 17.2 Å². The maximum Gasteiger partial charge on any atom is 0.264 e. The Bertz CT molecular complexity index is 707. The highest BCUT2D eigenvalue weighted by Gasteiger charge is 2.16. The van der Waals surface area contributed by atoms with Gasteiger partial charge in [-0.25, -0.2) is 27.2 Å². The second kappa shape index (κ2) is 5.06. The third kappa shape index (κ3) is 3.15. The number of nitrogens with zero attached hydrogens (tertiary/aromatic N) is 2. The van der Waals surface area contributed by atoms with E-state index in [1.807, 2.05) is 0 Å². The minimum absolute atomic E-state index is 0.105. The highest BCUT2D eigenvalue weighted by Crippen LogP contribution is 2.17. The van der Waals surface area contributed by atoms with Gasteiger partial charge in [-0.15, -0.1) is 0 Å². The third-order valence-electron chi connectivity index (χ3n) is 2.08. The molecule has 0 bridgehead atoms. The summed E-state index contributed by atoms with van der Waals surface area (Å²) in [5.74, 6) is -2.23. The lowest BCUT2D eigenvalue weighted by atomic mass is 10.3. The molecular weight excluding hydrogens is 300 g/mol. The number of hydrogen-bond acceptors (Lipinski definition) is 4. The Hall–Kier alpha value is -1.80. The summed E-state index contributed by atoms with van der Waals surface area (Å²) in [6, 6.07) is 2.63. The Labute approximate surface area is 112 Å². The van der Waals surface area contributed by atoms with Gasteiger partial charge < -0.3 is 0 Å². The predicted octanol–water partition coefficient (Wildman–Crippen LogP) is 2.21. The molecule has 0 atom stereocenters. The van der Waals surface area contributed by atoms with Gasteiger partial charge in [0.1, 0.15) is 4.90 Å². The van der Waals surface area contributed by atoms with E-state index in [1.54, 1.807) is 0 Å². The van der Waals surface area contributed by atoms with Gasteiger partial charge in [-0.05, 0) is 23.7 Å². The number of aromatic nitrogens is 2. The average molecular weight is 306 g/mol. The summed E-state index contributed by atoms with van der Waals surface area (Å²) in [5, 5.41) is -0.105. The normalized spacial score (nSPS) is 11.3. The van der Waals surface area contributed by atoms with Gasteiger partial charge in [0.25, 0.3) is 10.0 Å². The molecule has 0 aliphatic heterocycles. The number of halogens is 3. The van der Waals surface area contributed by atoms with Crippen LogP contribution in [0.2, 0.25) is 5.28 Å². The topological polar surface area (TPSA) is 72.0 Å². The van der Waals surface area contributed by atoms with Gasteiger partial charge in [-0.1, -0.05) is 0 Å². The Morgan fingerprint density at radius 1 is 1.11 bits per heavy atom. The van der Waals surface area contributed by atoms with Crippen molar-refractivity contribution in [2.75, 3.05) is 4.72 Å². The quantitative estimate of drug-likeness (QED) is 0.883. The zero-order valence-corrected chi connectivity index (χ0v) is 10.7. The standard InChI is InChI=1S/C10H6ClF2N3O2S/c11-10-14-4-7(5-15-10)19(17,18)16-6-1-2-8(12)9(13)3-6/h1-5,16H. The highest BCUT2D eigenvalue weighted by atomic mass is 35.5. The second-order valence-corrected chi connectivity index (χ2v) is 5.44. The van der Waals surface area contributed by atoms with Crippen molar-refractivity contribution in [1.29, 1.82) is 0 Å². The van der Waals surface area contributed by atoms with Crippen LogP contribution in [0.4, 0.5) is 14.5 Å². The number of nitrogens with one attached hydrogen (secondary N) is 1. The molecule has 1 N–H and O–H groups in total. The number of anilines is 1. The van der Waals surface area contributed by atoms with Crippen molar-refractivity contribution >= 4 is 27.3 Å². The molecule has 5 nitrogen and oxygen atoms in total. The van der Waals surface area contributed by atoms with E-state index in [0.29, 0.717) is 0 Å². The maximum absolute atomic E-state index is 13.0. The fraction of sp³-hybridized carbons (Fsp3) is 0. The summed E-state index contributed by atoms with van der Waals surface area (Å²) in [6.07, 6.45) is 2.00. The summed E-state index contributed by atoms with van der Waals surface area (Å²) in [4.78, 5) is 6.79. The molecule has 0 fully saturated rings. The van der Waals surface area contributed by atoms with E-state index in [4.69, 9.17) is 11.6 Å². The Morgan fingerprint density at radius 3 is 2.32 bits per heavy atom. The SMILES string of the molecule is O=S(=O)(Nc1ccc(F)c(F)c1)c1cnc(Cl)nc1. The molecule has 0 aliphatic carbocycles. The fourth-order valence-corrected chi connectivity index (χ4v) is 2.25. The maximum atomic E-state index is 13.0. The smallest absolute Gasteiger partial charge is 0.264 e. The first-order valence-electron chi connectivity index (χ1n) is 4.84. The van der Waals surface area contributed by atoms with Crippen LogP contribution in [-0.4, -0.2) is 18.4 Å². The van der Waals surface area contributed by atoms with Crippen LogP contribution >= 0.6 is 11.6 Å². The van der Waals surface area contributed by atoms with Crippen molar-refractivity contribution in [3.05, 3.63) is 47.5 Å². The first-order valence-corrected chi connectivity index (χ1v) is 6.70. The lowest BCUT2D eigenvalue weighted by Crippen LogP contribution is -2.13. The first-order chi connectivity index (χ1) is 8.88. The van der Waals surface area contributed by atoms with Crippen LogP contribution in [0.5, 0.6) is 0 Å². The van der Waals surface area contributed by atoms with Gasteiger partial charge in [0, 0.05) is 6.07 Å². The number of hydrogen-bond donors (Lipinski definition) is 1. The molecular formula is C10H6ClF2N3O2S. The summed E-state index contributed by atoms with van der Waals surface area (Å²) in [6.45, 7) is 0. The fourth-order valence-electron chi connectivity index (χ4n) is 1.21. The average Bonchev–Trinajstić information content (AvgIpc) is 2.34. The molecule has 2 aromatic rings. The molecule has 0 aliphatic rings. The molecule has 0 saturated heterocycles. The zero-order valence-electron chi connectivity index (χ0n) is 9.14. The van der Waals surface area contributed by atoms with Gasteiger partial charge in [-0.2, -0.15) is 0 Å². The predicted molar refractivity (Wildman–Crippen MR) is 64.2 cm³/mol. The Kier molecular flexibility index (Phi) is 3.63. The molecule has 0 saturated carbocycles. The molecule has 100 valence electrons. The van der Waals surface area contributed by atoms with Gasteiger partial charge in [-0.3, -0.25) is 4.72 Å². The Balaban J connectivity index is 2.30. The summed E-state index contributed by atoms with van der Waals surface area (Å²) in [7, 11) is -3.98. The highest BCUT2D eigenvalue weighted by molar-refractivity contribution is 7.92. The van der Waals surface area contributed by atoms with Crippen LogP contribution < -0.4 is 4.72 Å². The summed E-state index contributed by atoms with van der Waals surface area (Å²) < 4.78 is 51.5. The monoisotopic (exact) mass is 305 g/mol. The first kappa shape index (κ1) is 13.6. The molecule has 0 spiro atoms. The number of sulfonamides is 1. The summed E-state index contributed by atoms with van der Waals surface area (Å²) in [5.41, 5.74) is -0.117. The number of rotatable bonds is 3. The van der Waals surface area contributed by atoms with Crippen LogP contribution in [0.25, 0.3) is 0 Å². The lowest BCUT2D eigenvalue weighted by molar-refractivity contribution is 0.509. The molecule has 1 heterocycles. The van der Waals surface area contributed by atoms with E-state index >= 15 is 0 Å². The molecule has 0 radical (unpaired) electrons. The largest absolute Gasteiger partial charge is 0.279 e. The van der Waals surface area contributed by atoms with E-state index < -0.39 is 21.7 Å². The van der Waals surface area contributed by atoms with Crippen LogP contribution in [0, 0.1) is 11.6 Å². The molecule has 0 unspecified atom stereocenters. The Morgan fingerprint density at radius 2 is 1.74 bits per heavy atom. The van der Waals surface area contributed by atoms with Crippen molar-refractivity contribution in [2.24, 2.45) is 0 Å². The minimum atomic E-state index is -3.98. The molecule has 9 heteroatoms. The lowest BCUT2D eigenvalue weighted by Gasteiger charge is -2.07. The molecule has 1 aromatic heterocycles. The van der Waals surface area contributed by atoms with Crippen LogP contribution in [0.1, 0.15) is 0 Å². The number of benzene rings is 1.